The Morgan fingerprint density at radius 2 is 1.97 bits per heavy atom. The maximum absolute atomic E-state index is 13.6. The number of benzene rings is 1. The molecule has 0 spiro atoms. The van der Waals surface area contributed by atoms with E-state index in [4.69, 9.17) is 9.84 Å². The van der Waals surface area contributed by atoms with Gasteiger partial charge in [-0.25, -0.2) is 14.4 Å². The van der Waals surface area contributed by atoms with E-state index < -0.39 is 12.4 Å². The highest BCUT2D eigenvalue weighted by molar-refractivity contribution is 5.93. The molecule has 1 aromatic carbocycles. The molecule has 0 bridgehead atoms. The number of aryl methyl sites for hydroxylation is 1. The zero-order valence-electron chi connectivity index (χ0n) is 20.9. The second-order valence-electron chi connectivity index (χ2n) is 9.27. The zero-order chi connectivity index (χ0) is 26.4. The molecule has 0 unspecified atom stereocenters. The zero-order valence-corrected chi connectivity index (χ0v) is 20.9. The summed E-state index contributed by atoms with van der Waals surface area (Å²) in [5.74, 6) is -0.118. The number of carbonyl (C=O) groups excluding carboxylic acids is 2. The van der Waals surface area contributed by atoms with Crippen molar-refractivity contribution in [2.24, 2.45) is 5.92 Å². The molecule has 2 aromatic heterocycles. The average Bonchev–Trinajstić information content (AvgIpc) is 3.37. The molecule has 0 radical (unpaired) electrons. The first-order valence-electron chi connectivity index (χ1n) is 12.2. The van der Waals surface area contributed by atoms with E-state index in [1.165, 1.54) is 13.2 Å². The van der Waals surface area contributed by atoms with Crippen molar-refractivity contribution in [2.45, 2.75) is 51.7 Å². The van der Waals surface area contributed by atoms with Crippen LogP contribution in [0.5, 0.6) is 5.75 Å². The van der Waals surface area contributed by atoms with Gasteiger partial charge in [0.1, 0.15) is 18.6 Å². The Balaban J connectivity index is 1.36. The third kappa shape index (κ3) is 6.88. The van der Waals surface area contributed by atoms with Crippen LogP contribution in [0.3, 0.4) is 0 Å². The number of carbonyl (C=O) groups is 2. The predicted octanol–water partition coefficient (Wildman–Crippen LogP) is 2.39. The van der Waals surface area contributed by atoms with E-state index in [0.29, 0.717) is 35.1 Å². The van der Waals surface area contributed by atoms with Crippen LogP contribution in [0.15, 0.2) is 36.7 Å². The number of pyridine rings is 1. The fourth-order valence-electron chi connectivity index (χ4n) is 4.54. The number of hydrogen-bond acceptors (Lipinski definition) is 7. The number of halogens is 1. The Morgan fingerprint density at radius 1 is 1.19 bits per heavy atom. The molecular weight excluding hydrogens is 479 g/mol. The van der Waals surface area contributed by atoms with Crippen LogP contribution in [-0.2, 0) is 17.9 Å². The highest BCUT2D eigenvalue weighted by atomic mass is 19.1. The van der Waals surface area contributed by atoms with Crippen molar-refractivity contribution in [3.63, 3.8) is 0 Å². The summed E-state index contributed by atoms with van der Waals surface area (Å²) >= 11 is 0. The van der Waals surface area contributed by atoms with Crippen molar-refractivity contribution in [1.82, 2.24) is 30.4 Å². The number of amides is 2. The lowest BCUT2D eigenvalue weighted by atomic mass is 9.86. The number of rotatable bonds is 9. The quantitative estimate of drug-likeness (QED) is 0.403. The smallest absolute Gasteiger partial charge is 0.270 e. The van der Waals surface area contributed by atoms with Gasteiger partial charge in [0.2, 0.25) is 5.91 Å². The standard InChI is InChI=1S/C26H31FN6O4/c1-16-9-19(11-22(30-16)26(36)28-12-18-5-8-21(27)23(10-18)37-2)25-29-15-33(32-25)13-17-3-6-20(7-4-17)31-24(35)14-34/h5,8-11,15,17,20,34H,3-4,6-7,12-14H2,1-2H3,(H,28,36)(H,31,35). The molecule has 1 aliphatic carbocycles. The van der Waals surface area contributed by atoms with E-state index in [1.54, 1.807) is 31.5 Å². The number of hydrogen-bond donors (Lipinski definition) is 3. The molecule has 37 heavy (non-hydrogen) atoms. The SMILES string of the molecule is COc1cc(CNC(=O)c2cc(-c3ncn(CC4CCC(NC(=O)CO)CC4)n3)cc(C)n2)ccc1F. The molecule has 2 amide bonds. The fourth-order valence-corrected chi connectivity index (χ4v) is 4.54. The van der Waals surface area contributed by atoms with Gasteiger partial charge in [0.25, 0.3) is 5.91 Å². The first kappa shape index (κ1) is 26.2. The Morgan fingerprint density at radius 3 is 2.70 bits per heavy atom. The van der Waals surface area contributed by atoms with Crippen molar-refractivity contribution in [3.8, 4) is 17.1 Å². The van der Waals surface area contributed by atoms with E-state index in [1.807, 2.05) is 10.7 Å². The van der Waals surface area contributed by atoms with Gasteiger partial charge in [-0.15, -0.1) is 0 Å². The summed E-state index contributed by atoms with van der Waals surface area (Å²) in [6, 6.07) is 8.02. The fraction of sp³-hybridized carbons (Fsp3) is 0.423. The first-order valence-corrected chi connectivity index (χ1v) is 12.2. The highest BCUT2D eigenvalue weighted by Crippen LogP contribution is 2.26. The average molecular weight is 511 g/mol. The van der Waals surface area contributed by atoms with Gasteiger partial charge in [0.15, 0.2) is 17.4 Å². The number of nitrogens with one attached hydrogen (secondary N) is 2. The second-order valence-corrected chi connectivity index (χ2v) is 9.27. The van der Waals surface area contributed by atoms with Crippen molar-refractivity contribution in [2.75, 3.05) is 13.7 Å². The summed E-state index contributed by atoms with van der Waals surface area (Å²) in [7, 11) is 1.39. The summed E-state index contributed by atoms with van der Waals surface area (Å²) in [5, 5.41) is 19.2. The van der Waals surface area contributed by atoms with Gasteiger partial charge >= 0.3 is 0 Å². The van der Waals surface area contributed by atoms with Crippen molar-refractivity contribution in [3.05, 3.63) is 59.4 Å². The molecule has 10 nitrogen and oxygen atoms in total. The molecule has 1 aliphatic rings. The lowest BCUT2D eigenvalue weighted by Gasteiger charge is -2.28. The van der Waals surface area contributed by atoms with Gasteiger partial charge in [0.05, 0.1) is 7.11 Å². The first-order chi connectivity index (χ1) is 17.8. The summed E-state index contributed by atoms with van der Waals surface area (Å²) in [6.45, 7) is 2.23. The molecule has 1 fully saturated rings. The number of ether oxygens (including phenoxy) is 1. The summed E-state index contributed by atoms with van der Waals surface area (Å²) in [5.41, 5.74) is 2.29. The molecule has 11 heteroatoms. The lowest BCUT2D eigenvalue weighted by Crippen LogP contribution is -2.39. The maximum atomic E-state index is 13.6. The van der Waals surface area contributed by atoms with Gasteiger partial charge in [-0.1, -0.05) is 6.07 Å². The van der Waals surface area contributed by atoms with Crippen molar-refractivity contribution < 1.29 is 23.8 Å². The van der Waals surface area contributed by atoms with E-state index in [9.17, 15) is 14.0 Å². The van der Waals surface area contributed by atoms with Crippen LogP contribution in [0, 0.1) is 18.7 Å². The maximum Gasteiger partial charge on any atom is 0.270 e. The van der Waals surface area contributed by atoms with E-state index in [2.05, 4.69) is 25.7 Å². The molecule has 0 atom stereocenters. The van der Waals surface area contributed by atoms with Crippen LogP contribution in [0.4, 0.5) is 4.39 Å². The second kappa shape index (κ2) is 11.9. The third-order valence-electron chi connectivity index (χ3n) is 6.45. The summed E-state index contributed by atoms with van der Waals surface area (Å²) < 4.78 is 20.4. The van der Waals surface area contributed by atoms with Gasteiger partial charge in [0, 0.05) is 30.4 Å². The minimum atomic E-state index is -0.483. The molecule has 2 heterocycles. The van der Waals surface area contributed by atoms with Crippen molar-refractivity contribution >= 4 is 11.8 Å². The molecule has 0 aliphatic heterocycles. The monoisotopic (exact) mass is 510 g/mol. The molecule has 3 N–H and O–H groups in total. The number of aromatic nitrogens is 4. The number of aliphatic hydroxyl groups is 1. The van der Waals surface area contributed by atoms with E-state index >= 15 is 0 Å². The minimum absolute atomic E-state index is 0.108. The molecule has 1 saturated carbocycles. The number of aliphatic hydroxyl groups excluding tert-OH is 1. The highest BCUT2D eigenvalue weighted by Gasteiger charge is 2.23. The topological polar surface area (TPSA) is 131 Å². The molecule has 0 saturated heterocycles. The summed E-state index contributed by atoms with van der Waals surface area (Å²) in [6.07, 6.45) is 5.32. The third-order valence-corrected chi connectivity index (χ3v) is 6.45. The van der Waals surface area contributed by atoms with Crippen LogP contribution < -0.4 is 15.4 Å². The van der Waals surface area contributed by atoms with Gasteiger partial charge < -0.3 is 20.5 Å². The van der Waals surface area contributed by atoms with Crippen LogP contribution in [0.1, 0.15) is 47.4 Å². The Kier molecular flexibility index (Phi) is 8.44. The normalized spacial score (nSPS) is 17.3. The van der Waals surface area contributed by atoms with Crippen LogP contribution >= 0.6 is 0 Å². The van der Waals surface area contributed by atoms with Crippen LogP contribution in [-0.4, -0.2) is 56.4 Å². The van der Waals surface area contributed by atoms with E-state index in [-0.39, 0.29) is 35.8 Å². The van der Waals surface area contributed by atoms with E-state index in [0.717, 1.165) is 25.7 Å². The predicted molar refractivity (Wildman–Crippen MR) is 133 cm³/mol. The molecular formula is C26H31FN6O4. The van der Waals surface area contributed by atoms with Crippen LogP contribution in [0.25, 0.3) is 11.4 Å². The molecule has 3 aromatic rings. The minimum Gasteiger partial charge on any atom is -0.494 e. The largest absolute Gasteiger partial charge is 0.494 e. The number of nitrogens with zero attached hydrogens (tertiary/aromatic N) is 4. The molecule has 4 rings (SSSR count). The molecule has 196 valence electrons. The lowest BCUT2D eigenvalue weighted by molar-refractivity contribution is -0.124. The van der Waals surface area contributed by atoms with Crippen LogP contribution in [0.2, 0.25) is 0 Å². The van der Waals surface area contributed by atoms with Gasteiger partial charge in [-0.05, 0) is 68.4 Å². The number of methoxy groups -OCH3 is 1. The van der Waals surface area contributed by atoms with Gasteiger partial charge in [-0.3, -0.25) is 14.3 Å². The summed E-state index contributed by atoms with van der Waals surface area (Å²) in [4.78, 5) is 33.0. The van der Waals surface area contributed by atoms with Crippen molar-refractivity contribution in [1.29, 1.82) is 0 Å². The Labute approximate surface area is 214 Å². The Hall–Kier alpha value is -3.86. The Bertz CT molecular complexity index is 1260. The van der Waals surface area contributed by atoms with Gasteiger partial charge in [-0.2, -0.15) is 5.10 Å².